The van der Waals surface area contributed by atoms with Crippen molar-refractivity contribution in [1.82, 2.24) is 39.6 Å². The molecule has 2 atom stereocenters. The van der Waals surface area contributed by atoms with Gasteiger partial charge in [-0.25, -0.2) is 23.3 Å². The molecule has 5 aliphatic rings. The molecule has 10 rings (SSSR count). The Balaban J connectivity index is 0.744. The number of pyridine rings is 1. The molecule has 1 unspecified atom stereocenters. The number of aromatic nitrogens is 4. The molecule has 15 heteroatoms. The molecule has 2 aromatic carbocycles. The number of nitrogens with one attached hydrogen (secondary N) is 1. The summed E-state index contributed by atoms with van der Waals surface area (Å²) in [4.78, 5) is 58.5. The molecule has 3 amide bonds. The van der Waals surface area contributed by atoms with Gasteiger partial charge in [0.05, 0.1) is 23.5 Å². The number of hydrogen-bond donors (Lipinski definition) is 1. The smallest absolute Gasteiger partial charge is 0.255 e. The Morgan fingerprint density at radius 2 is 1.61 bits per heavy atom. The van der Waals surface area contributed by atoms with E-state index in [1.807, 2.05) is 36.5 Å². The monoisotopic (exact) mass is 800 g/mol. The maximum Gasteiger partial charge on any atom is 0.255 e. The molecule has 3 aromatic heterocycles. The fourth-order valence-electron chi connectivity index (χ4n) is 9.83. The highest BCUT2D eigenvalue weighted by atomic mass is 19.1. The molecule has 0 radical (unpaired) electrons. The molecule has 304 valence electrons. The maximum absolute atomic E-state index is 14.8. The van der Waals surface area contributed by atoms with E-state index in [4.69, 9.17) is 9.97 Å². The number of rotatable bonds is 8. The average molecular weight is 801 g/mol. The number of nitrogens with zero attached hydrogens (tertiary/aromatic N) is 9. The topological polar surface area (TPSA) is 123 Å². The molecule has 1 N–H and O–H groups in total. The van der Waals surface area contributed by atoms with Crippen LogP contribution in [0, 0.1) is 11.6 Å². The van der Waals surface area contributed by atoms with Gasteiger partial charge in [-0.3, -0.25) is 29.5 Å². The first kappa shape index (κ1) is 37.5. The van der Waals surface area contributed by atoms with Crippen molar-refractivity contribution in [3.63, 3.8) is 0 Å². The highest BCUT2D eigenvalue weighted by Crippen LogP contribution is 2.37. The van der Waals surface area contributed by atoms with Crippen molar-refractivity contribution in [2.75, 3.05) is 55.6 Å². The zero-order valence-corrected chi connectivity index (χ0v) is 32.8. The molecule has 4 saturated heterocycles. The van der Waals surface area contributed by atoms with Crippen LogP contribution >= 0.6 is 0 Å². The van der Waals surface area contributed by atoms with Crippen molar-refractivity contribution in [3.05, 3.63) is 107 Å². The van der Waals surface area contributed by atoms with Crippen LogP contribution in [0.25, 0.3) is 16.9 Å². The number of hydrogen-bond acceptors (Lipinski definition) is 10. The third-order valence-electron chi connectivity index (χ3n) is 12.9. The average Bonchev–Trinajstić information content (AvgIpc) is 3.99. The van der Waals surface area contributed by atoms with Crippen LogP contribution in [0.15, 0.2) is 73.1 Å². The standard InChI is InChI=1S/C44H46F2N10O3/c45-30-7-9-33(35(46)24-30)37-4-2-15-54(37)40-14-18-56-42(49-40)34(25-47-56)36-3-1-5-39(48-36)53-21-19-52(20-22-53)31-12-16-51(17-13-31)26-28-6-8-32-29(23-28)27-55(44(32)59)38-10-11-41(57)50-43(38)58/h1,3,5-9,14,18,23-25,31,37-38H,2,4,10-13,15-17,19-22,26-27H2,(H,50,57,58)/t37-,38?/m1/s1. The van der Waals surface area contributed by atoms with Crippen molar-refractivity contribution in [1.29, 1.82) is 0 Å². The lowest BCUT2D eigenvalue weighted by molar-refractivity contribution is -0.136. The number of imide groups is 1. The number of piperidine rings is 2. The summed E-state index contributed by atoms with van der Waals surface area (Å²) < 4.78 is 30.3. The van der Waals surface area contributed by atoms with Crippen LogP contribution in [0.3, 0.4) is 0 Å². The zero-order chi connectivity index (χ0) is 40.2. The minimum absolute atomic E-state index is 0.138. The van der Waals surface area contributed by atoms with Gasteiger partial charge in [-0.05, 0) is 86.7 Å². The molecule has 5 aromatic rings. The van der Waals surface area contributed by atoms with Crippen molar-refractivity contribution in [3.8, 4) is 11.3 Å². The quantitative estimate of drug-likeness (QED) is 0.216. The maximum atomic E-state index is 14.8. The number of carbonyl (C=O) groups excluding carboxylic acids is 3. The third-order valence-corrected chi connectivity index (χ3v) is 12.9. The van der Waals surface area contributed by atoms with Gasteiger partial charge in [-0.1, -0.05) is 24.3 Å². The van der Waals surface area contributed by atoms with Crippen LogP contribution in [0.4, 0.5) is 20.4 Å². The van der Waals surface area contributed by atoms with Gasteiger partial charge in [0.2, 0.25) is 11.8 Å². The van der Waals surface area contributed by atoms with Gasteiger partial charge in [-0.2, -0.15) is 5.10 Å². The molecule has 8 heterocycles. The van der Waals surface area contributed by atoms with E-state index in [0.29, 0.717) is 35.8 Å². The summed E-state index contributed by atoms with van der Waals surface area (Å²) in [7, 11) is 0. The molecule has 5 aliphatic heterocycles. The second-order valence-corrected chi connectivity index (χ2v) is 16.4. The number of likely N-dealkylation sites (tertiary alicyclic amines) is 1. The number of benzene rings is 2. The molecule has 59 heavy (non-hydrogen) atoms. The molecular formula is C44H46F2N10O3. The number of anilines is 2. The first-order valence-electron chi connectivity index (χ1n) is 20.8. The number of halogens is 2. The van der Waals surface area contributed by atoms with Crippen molar-refractivity contribution >= 4 is 35.0 Å². The van der Waals surface area contributed by atoms with E-state index in [9.17, 15) is 23.2 Å². The van der Waals surface area contributed by atoms with E-state index in [1.165, 1.54) is 11.6 Å². The van der Waals surface area contributed by atoms with Gasteiger partial charge in [0, 0.05) is 81.7 Å². The van der Waals surface area contributed by atoms with E-state index in [-0.39, 0.29) is 30.2 Å². The zero-order valence-electron chi connectivity index (χ0n) is 32.8. The summed E-state index contributed by atoms with van der Waals surface area (Å²) in [5.74, 6) is -0.267. The highest BCUT2D eigenvalue weighted by Gasteiger charge is 2.39. The van der Waals surface area contributed by atoms with Crippen LogP contribution < -0.4 is 15.1 Å². The molecule has 0 aliphatic carbocycles. The molecule has 0 bridgehead atoms. The van der Waals surface area contributed by atoms with E-state index in [2.05, 4.69) is 42.1 Å². The van der Waals surface area contributed by atoms with Gasteiger partial charge in [0.1, 0.15) is 29.3 Å². The van der Waals surface area contributed by atoms with Gasteiger partial charge < -0.3 is 14.7 Å². The third kappa shape index (κ3) is 7.20. The Bertz CT molecular complexity index is 2440. The lowest BCUT2D eigenvalue weighted by Crippen LogP contribution is -2.53. The summed E-state index contributed by atoms with van der Waals surface area (Å²) in [6.45, 7) is 7.64. The van der Waals surface area contributed by atoms with E-state index >= 15 is 0 Å². The predicted octanol–water partition coefficient (Wildman–Crippen LogP) is 4.96. The Morgan fingerprint density at radius 1 is 0.763 bits per heavy atom. The Kier molecular flexibility index (Phi) is 9.79. The van der Waals surface area contributed by atoms with Crippen molar-refractivity contribution in [2.45, 2.75) is 69.7 Å². The SMILES string of the molecule is O=C1CCC(N2Cc3cc(CN4CCC(N5CCN(c6cccc(-c7cnn8ccc(N9CCC[C@@H]9c9ccc(F)cc9F)nc78)n6)CC5)CC4)ccc3C2=O)C(=O)N1. The largest absolute Gasteiger partial charge is 0.354 e. The van der Waals surface area contributed by atoms with Crippen molar-refractivity contribution in [2.24, 2.45) is 0 Å². The minimum atomic E-state index is -0.602. The number of fused-ring (bicyclic) bond motifs is 2. The summed E-state index contributed by atoms with van der Waals surface area (Å²) in [5.41, 5.74) is 5.54. The van der Waals surface area contributed by atoms with E-state index < -0.39 is 17.7 Å². The lowest BCUT2D eigenvalue weighted by atomic mass is 10.0. The predicted molar refractivity (Wildman–Crippen MR) is 216 cm³/mol. The van der Waals surface area contributed by atoms with Crippen LogP contribution in [-0.2, 0) is 22.7 Å². The summed E-state index contributed by atoms with van der Waals surface area (Å²) in [6.07, 6.45) is 8.13. The molecular weight excluding hydrogens is 755 g/mol. The second kappa shape index (κ2) is 15.4. The van der Waals surface area contributed by atoms with Crippen LogP contribution in [0.1, 0.15) is 71.6 Å². The summed E-state index contributed by atoms with van der Waals surface area (Å²) >= 11 is 0. The number of carbonyl (C=O) groups is 3. The summed E-state index contributed by atoms with van der Waals surface area (Å²) in [6, 6.07) is 17.5. The van der Waals surface area contributed by atoms with Gasteiger partial charge in [0.25, 0.3) is 5.91 Å². The molecule has 13 nitrogen and oxygen atoms in total. The number of piperazine rings is 1. The van der Waals surface area contributed by atoms with Crippen molar-refractivity contribution < 1.29 is 23.2 Å². The van der Waals surface area contributed by atoms with E-state index in [1.54, 1.807) is 21.7 Å². The summed E-state index contributed by atoms with van der Waals surface area (Å²) in [5, 5.41) is 6.95. The Hall–Kier alpha value is -5.80. The van der Waals surface area contributed by atoms with E-state index in [0.717, 1.165) is 113 Å². The molecule has 0 saturated carbocycles. The second-order valence-electron chi connectivity index (χ2n) is 16.4. The first-order chi connectivity index (χ1) is 28.8. The molecule has 0 spiro atoms. The van der Waals surface area contributed by atoms with Gasteiger partial charge in [-0.15, -0.1) is 0 Å². The van der Waals surface area contributed by atoms with Crippen LogP contribution in [0.2, 0.25) is 0 Å². The van der Waals surface area contributed by atoms with Gasteiger partial charge in [0.15, 0.2) is 5.65 Å². The minimum Gasteiger partial charge on any atom is -0.354 e. The lowest BCUT2D eigenvalue weighted by Gasteiger charge is -2.43. The highest BCUT2D eigenvalue weighted by molar-refractivity contribution is 6.05. The Morgan fingerprint density at radius 3 is 2.42 bits per heavy atom. The van der Waals surface area contributed by atoms with Crippen LogP contribution in [-0.4, -0.2) is 110 Å². The van der Waals surface area contributed by atoms with Gasteiger partial charge >= 0.3 is 0 Å². The Labute approximate surface area is 340 Å². The fraction of sp³-hybridized carbons (Fsp3) is 0.409. The number of amides is 3. The normalized spacial score (nSPS) is 22.1. The fourth-order valence-corrected chi connectivity index (χ4v) is 9.83. The van der Waals surface area contributed by atoms with Crippen LogP contribution in [0.5, 0.6) is 0 Å². The first-order valence-corrected chi connectivity index (χ1v) is 20.8. The molecule has 4 fully saturated rings.